The number of hydrogen-bond donors (Lipinski definition) is 1. The molecule has 0 aliphatic carbocycles. The average Bonchev–Trinajstić information content (AvgIpc) is 3.04. The number of para-hydroxylation sites is 1. The Labute approximate surface area is 151 Å². The van der Waals surface area contributed by atoms with Gasteiger partial charge in [-0.2, -0.15) is 9.90 Å². The molecule has 0 saturated heterocycles. The molecule has 2 aromatic carbocycles. The first-order chi connectivity index (χ1) is 12.5. The van der Waals surface area contributed by atoms with Crippen molar-refractivity contribution in [2.24, 2.45) is 0 Å². The van der Waals surface area contributed by atoms with Gasteiger partial charge in [0.25, 0.3) is 11.8 Å². The number of nitrogens with zero attached hydrogens (tertiary/aromatic N) is 4. The summed E-state index contributed by atoms with van der Waals surface area (Å²) in [5.41, 5.74) is 2.55. The van der Waals surface area contributed by atoms with Crippen LogP contribution in [-0.4, -0.2) is 45.8 Å². The minimum atomic E-state index is -0.376. The van der Waals surface area contributed by atoms with Gasteiger partial charge in [0.2, 0.25) is 0 Å². The summed E-state index contributed by atoms with van der Waals surface area (Å²) >= 11 is 0. The molecule has 0 bridgehead atoms. The number of carbonyl (C=O) groups excluding carboxylic acids is 2. The van der Waals surface area contributed by atoms with Crippen LogP contribution >= 0.6 is 0 Å². The molecule has 0 aliphatic heterocycles. The first-order valence-corrected chi connectivity index (χ1v) is 8.08. The lowest BCUT2D eigenvalue weighted by Gasteiger charge is -2.11. The van der Waals surface area contributed by atoms with Crippen LogP contribution in [-0.2, 0) is 0 Å². The number of benzene rings is 2. The first-order valence-electron chi connectivity index (χ1n) is 8.08. The van der Waals surface area contributed by atoms with E-state index in [0.29, 0.717) is 16.9 Å². The molecular weight excluding hydrogens is 330 g/mol. The summed E-state index contributed by atoms with van der Waals surface area (Å²) in [6, 6.07) is 16.2. The molecule has 26 heavy (non-hydrogen) atoms. The number of anilines is 1. The van der Waals surface area contributed by atoms with Crippen molar-refractivity contribution >= 4 is 17.5 Å². The zero-order valence-electron chi connectivity index (χ0n) is 14.8. The Kier molecular flexibility index (Phi) is 4.79. The van der Waals surface area contributed by atoms with E-state index in [1.807, 2.05) is 30.3 Å². The van der Waals surface area contributed by atoms with Crippen molar-refractivity contribution in [2.45, 2.75) is 6.92 Å². The Bertz CT molecular complexity index is 948. The molecule has 0 spiro atoms. The molecule has 3 rings (SSSR count). The molecule has 0 unspecified atom stereocenters. The zero-order chi connectivity index (χ0) is 18.7. The second kappa shape index (κ2) is 7.18. The van der Waals surface area contributed by atoms with E-state index in [1.54, 1.807) is 45.3 Å². The molecule has 3 aromatic rings. The summed E-state index contributed by atoms with van der Waals surface area (Å²) in [6.07, 6.45) is 0. The summed E-state index contributed by atoms with van der Waals surface area (Å²) in [7, 11) is 3.36. The molecular formula is C19H19N5O2. The molecule has 0 aliphatic rings. The molecule has 2 amide bonds. The van der Waals surface area contributed by atoms with E-state index in [-0.39, 0.29) is 17.5 Å². The van der Waals surface area contributed by atoms with Gasteiger partial charge in [0.1, 0.15) is 0 Å². The van der Waals surface area contributed by atoms with Gasteiger partial charge in [0.15, 0.2) is 5.69 Å². The Balaban J connectivity index is 1.82. The Morgan fingerprint density at radius 3 is 2.42 bits per heavy atom. The molecule has 0 saturated carbocycles. The van der Waals surface area contributed by atoms with Crippen LogP contribution in [0.3, 0.4) is 0 Å². The van der Waals surface area contributed by atoms with Crippen molar-refractivity contribution in [1.29, 1.82) is 0 Å². The van der Waals surface area contributed by atoms with Crippen LogP contribution in [0.5, 0.6) is 0 Å². The van der Waals surface area contributed by atoms with Gasteiger partial charge in [-0.05, 0) is 37.3 Å². The lowest BCUT2D eigenvalue weighted by Crippen LogP contribution is -2.22. The fraction of sp³-hybridized carbons (Fsp3) is 0.158. The average molecular weight is 349 g/mol. The highest BCUT2D eigenvalue weighted by atomic mass is 16.2. The predicted octanol–water partition coefficient (Wildman–Crippen LogP) is 2.53. The maximum Gasteiger partial charge on any atom is 0.278 e. The van der Waals surface area contributed by atoms with Gasteiger partial charge in [-0.3, -0.25) is 9.59 Å². The van der Waals surface area contributed by atoms with Gasteiger partial charge < -0.3 is 10.2 Å². The molecule has 1 aromatic heterocycles. The molecule has 132 valence electrons. The van der Waals surface area contributed by atoms with Crippen molar-refractivity contribution in [1.82, 2.24) is 19.9 Å². The molecule has 1 heterocycles. The largest absolute Gasteiger partial charge is 0.345 e. The number of carbonyl (C=O) groups is 2. The third-order valence-corrected chi connectivity index (χ3v) is 3.76. The quantitative estimate of drug-likeness (QED) is 0.785. The maximum atomic E-state index is 12.6. The van der Waals surface area contributed by atoms with Gasteiger partial charge in [-0.25, -0.2) is 0 Å². The van der Waals surface area contributed by atoms with Gasteiger partial charge in [-0.1, -0.05) is 24.3 Å². The predicted molar refractivity (Wildman–Crippen MR) is 98.5 cm³/mol. The van der Waals surface area contributed by atoms with Gasteiger partial charge in [-0.15, -0.1) is 5.10 Å². The second-order valence-corrected chi connectivity index (χ2v) is 5.99. The van der Waals surface area contributed by atoms with E-state index < -0.39 is 0 Å². The smallest absolute Gasteiger partial charge is 0.278 e. The molecule has 1 N–H and O–H groups in total. The van der Waals surface area contributed by atoms with Gasteiger partial charge in [0, 0.05) is 25.3 Å². The van der Waals surface area contributed by atoms with Crippen molar-refractivity contribution in [2.75, 3.05) is 19.4 Å². The fourth-order valence-corrected chi connectivity index (χ4v) is 2.44. The first kappa shape index (κ1) is 17.3. The lowest BCUT2D eigenvalue weighted by atomic mass is 10.1. The minimum absolute atomic E-state index is 0.132. The SMILES string of the molecule is Cc1nn(-c2ccccc2)nc1C(=O)Nc1cccc(C(=O)N(C)C)c1. The number of amides is 2. The van der Waals surface area contributed by atoms with Gasteiger partial charge >= 0.3 is 0 Å². The zero-order valence-corrected chi connectivity index (χ0v) is 14.8. The fourth-order valence-electron chi connectivity index (χ4n) is 2.44. The Morgan fingerprint density at radius 2 is 1.73 bits per heavy atom. The number of aryl methyl sites for hydroxylation is 1. The summed E-state index contributed by atoms with van der Waals surface area (Å²) in [5.74, 6) is -0.508. The lowest BCUT2D eigenvalue weighted by molar-refractivity contribution is 0.0827. The Morgan fingerprint density at radius 1 is 1.00 bits per heavy atom. The van der Waals surface area contributed by atoms with Crippen LogP contribution in [0.2, 0.25) is 0 Å². The van der Waals surface area contributed by atoms with Gasteiger partial charge in [0.05, 0.1) is 11.4 Å². The van der Waals surface area contributed by atoms with Crippen molar-refractivity contribution in [3.63, 3.8) is 0 Å². The summed E-state index contributed by atoms with van der Waals surface area (Å²) in [4.78, 5) is 27.5. The van der Waals surface area contributed by atoms with Crippen LogP contribution < -0.4 is 5.32 Å². The number of nitrogens with one attached hydrogen (secondary N) is 1. The number of aromatic nitrogens is 3. The van der Waals surface area contributed by atoms with E-state index >= 15 is 0 Å². The van der Waals surface area contributed by atoms with Crippen molar-refractivity contribution in [3.8, 4) is 5.69 Å². The molecule has 0 atom stereocenters. The molecule has 0 radical (unpaired) electrons. The maximum absolute atomic E-state index is 12.6. The summed E-state index contributed by atoms with van der Waals surface area (Å²) in [6.45, 7) is 1.73. The normalized spacial score (nSPS) is 10.4. The van der Waals surface area contributed by atoms with E-state index in [1.165, 1.54) is 9.70 Å². The van der Waals surface area contributed by atoms with Crippen LogP contribution in [0.25, 0.3) is 5.69 Å². The monoisotopic (exact) mass is 349 g/mol. The topological polar surface area (TPSA) is 80.1 Å². The standard InChI is InChI=1S/C19H19N5O2/c1-13-17(22-24(21-13)16-10-5-4-6-11-16)18(25)20-15-9-7-8-14(12-15)19(26)23(2)3/h4-12H,1-3H3,(H,20,25). The highest BCUT2D eigenvalue weighted by Crippen LogP contribution is 2.14. The van der Waals surface area contributed by atoms with E-state index in [0.717, 1.165) is 5.69 Å². The molecule has 0 fully saturated rings. The second-order valence-electron chi connectivity index (χ2n) is 5.99. The number of hydrogen-bond acceptors (Lipinski definition) is 4. The highest BCUT2D eigenvalue weighted by molar-refractivity contribution is 6.04. The third kappa shape index (κ3) is 3.61. The van der Waals surface area contributed by atoms with Crippen molar-refractivity contribution in [3.05, 3.63) is 71.5 Å². The summed E-state index contributed by atoms with van der Waals surface area (Å²) < 4.78 is 0. The van der Waals surface area contributed by atoms with E-state index in [2.05, 4.69) is 15.5 Å². The van der Waals surface area contributed by atoms with Crippen molar-refractivity contribution < 1.29 is 9.59 Å². The Hall–Kier alpha value is -3.48. The van der Waals surface area contributed by atoms with Crippen LogP contribution in [0.4, 0.5) is 5.69 Å². The summed E-state index contributed by atoms with van der Waals surface area (Å²) in [5, 5.41) is 11.3. The molecule has 7 nitrogen and oxygen atoms in total. The minimum Gasteiger partial charge on any atom is -0.345 e. The van der Waals surface area contributed by atoms with E-state index in [4.69, 9.17) is 0 Å². The van der Waals surface area contributed by atoms with Crippen LogP contribution in [0, 0.1) is 6.92 Å². The number of rotatable bonds is 4. The van der Waals surface area contributed by atoms with Crippen LogP contribution in [0.1, 0.15) is 26.5 Å². The van der Waals surface area contributed by atoms with E-state index in [9.17, 15) is 9.59 Å². The third-order valence-electron chi connectivity index (χ3n) is 3.76. The molecule has 7 heteroatoms. The van der Waals surface area contributed by atoms with Crippen LogP contribution in [0.15, 0.2) is 54.6 Å². The highest BCUT2D eigenvalue weighted by Gasteiger charge is 2.17.